The van der Waals surface area contributed by atoms with Gasteiger partial charge in [0.25, 0.3) is 0 Å². The van der Waals surface area contributed by atoms with Crippen LogP contribution >= 0.6 is 0 Å². The zero-order valence-electron chi connectivity index (χ0n) is 14.1. The summed E-state index contributed by atoms with van der Waals surface area (Å²) >= 11 is 0. The molecule has 1 N–H and O–H groups in total. The molecule has 1 aromatic heterocycles. The van der Waals surface area contributed by atoms with Gasteiger partial charge in [-0.15, -0.1) is 0 Å². The number of nitrogens with zero attached hydrogens (tertiary/aromatic N) is 2. The van der Waals surface area contributed by atoms with Gasteiger partial charge in [-0.25, -0.2) is 0 Å². The fraction of sp³-hybridized carbons (Fsp3) is 0.722. The molecule has 0 spiro atoms. The quantitative estimate of drug-likeness (QED) is 0.595. The second-order valence-electron chi connectivity index (χ2n) is 6.20. The average Bonchev–Trinajstić information content (AvgIpc) is 2.49. The minimum atomic E-state index is 0.759. The molecular weight excluding hydrogens is 258 g/mol. The fourth-order valence-electron chi connectivity index (χ4n) is 2.40. The third-order valence-electron chi connectivity index (χ3n) is 3.69. The van der Waals surface area contributed by atoms with E-state index in [1.807, 2.05) is 12.3 Å². The lowest BCUT2D eigenvalue weighted by Gasteiger charge is -2.19. The van der Waals surface area contributed by atoms with Crippen LogP contribution in [0.2, 0.25) is 0 Å². The van der Waals surface area contributed by atoms with Crippen LogP contribution in [0.4, 0.5) is 0 Å². The van der Waals surface area contributed by atoms with Crippen molar-refractivity contribution in [3.8, 4) is 0 Å². The van der Waals surface area contributed by atoms with E-state index in [-0.39, 0.29) is 0 Å². The third kappa shape index (κ3) is 9.59. The zero-order valence-corrected chi connectivity index (χ0v) is 14.1. The van der Waals surface area contributed by atoms with Crippen LogP contribution < -0.4 is 5.32 Å². The summed E-state index contributed by atoms with van der Waals surface area (Å²) in [5, 5.41) is 3.51. The monoisotopic (exact) mass is 291 g/mol. The van der Waals surface area contributed by atoms with Crippen LogP contribution in [0.5, 0.6) is 0 Å². The number of hydrogen-bond acceptors (Lipinski definition) is 3. The molecule has 0 saturated carbocycles. The maximum atomic E-state index is 4.41. The van der Waals surface area contributed by atoms with Crippen LogP contribution in [0.15, 0.2) is 24.4 Å². The number of nitrogens with one attached hydrogen (secondary N) is 1. The summed E-state index contributed by atoms with van der Waals surface area (Å²) in [4.78, 5) is 6.89. The molecule has 1 heterocycles. The van der Waals surface area contributed by atoms with Crippen molar-refractivity contribution in [2.24, 2.45) is 5.92 Å². The molecular formula is C18H33N3. The predicted molar refractivity (Wildman–Crippen MR) is 91.4 cm³/mol. The van der Waals surface area contributed by atoms with Crippen molar-refractivity contribution in [3.05, 3.63) is 30.1 Å². The lowest BCUT2D eigenvalue weighted by molar-refractivity contribution is 0.269. The topological polar surface area (TPSA) is 28.2 Å². The first-order chi connectivity index (χ1) is 10.2. The van der Waals surface area contributed by atoms with Gasteiger partial charge in [0.05, 0.1) is 5.69 Å². The highest BCUT2D eigenvalue weighted by Gasteiger charge is 2.03. The maximum Gasteiger partial charge on any atom is 0.0543 e. The molecule has 0 aliphatic rings. The Morgan fingerprint density at radius 2 is 1.95 bits per heavy atom. The average molecular weight is 291 g/mol. The number of aromatic nitrogens is 1. The largest absolute Gasteiger partial charge is 0.316 e. The van der Waals surface area contributed by atoms with Crippen LogP contribution in [0.25, 0.3) is 0 Å². The van der Waals surface area contributed by atoms with Crippen molar-refractivity contribution < 1.29 is 0 Å². The minimum Gasteiger partial charge on any atom is -0.316 e. The van der Waals surface area contributed by atoms with Gasteiger partial charge in [-0.3, -0.25) is 9.88 Å². The molecule has 0 atom stereocenters. The summed E-state index contributed by atoms with van der Waals surface area (Å²) in [5.41, 5.74) is 1.18. The lowest BCUT2D eigenvalue weighted by Crippen LogP contribution is -2.24. The smallest absolute Gasteiger partial charge is 0.0543 e. The number of pyridine rings is 1. The number of rotatable bonds is 12. The van der Waals surface area contributed by atoms with Crippen molar-refractivity contribution >= 4 is 0 Å². The molecule has 0 bridgehead atoms. The van der Waals surface area contributed by atoms with Crippen LogP contribution in [0, 0.1) is 5.92 Å². The summed E-state index contributed by atoms with van der Waals surface area (Å²) in [6.07, 6.45) is 7.16. The molecule has 1 rings (SSSR count). The van der Waals surface area contributed by atoms with E-state index < -0.39 is 0 Å². The van der Waals surface area contributed by atoms with Crippen molar-refractivity contribution in [2.45, 2.75) is 53.0 Å². The highest BCUT2D eigenvalue weighted by atomic mass is 15.1. The fourth-order valence-corrected chi connectivity index (χ4v) is 2.40. The summed E-state index contributed by atoms with van der Waals surface area (Å²) in [6, 6.07) is 6.16. The van der Waals surface area contributed by atoms with E-state index in [2.05, 4.69) is 48.1 Å². The molecule has 120 valence electrons. The first kappa shape index (κ1) is 18.1. The van der Waals surface area contributed by atoms with E-state index in [0.29, 0.717) is 0 Å². The van der Waals surface area contributed by atoms with Crippen molar-refractivity contribution in [1.29, 1.82) is 0 Å². The van der Waals surface area contributed by atoms with Gasteiger partial charge in [-0.05, 0) is 57.1 Å². The normalized spacial score (nSPS) is 11.5. The summed E-state index contributed by atoms with van der Waals surface area (Å²) in [7, 11) is 0. The molecule has 0 unspecified atom stereocenters. The second kappa shape index (κ2) is 11.7. The third-order valence-corrected chi connectivity index (χ3v) is 3.69. The Bertz CT molecular complexity index is 338. The first-order valence-corrected chi connectivity index (χ1v) is 8.55. The van der Waals surface area contributed by atoms with Gasteiger partial charge in [0.2, 0.25) is 0 Å². The van der Waals surface area contributed by atoms with E-state index in [1.54, 1.807) is 0 Å². The van der Waals surface area contributed by atoms with Gasteiger partial charge in [0.15, 0.2) is 0 Å². The van der Waals surface area contributed by atoms with Crippen molar-refractivity contribution in [3.63, 3.8) is 0 Å². The Morgan fingerprint density at radius 3 is 2.62 bits per heavy atom. The number of unbranched alkanes of at least 4 members (excludes halogenated alkanes) is 3. The highest BCUT2D eigenvalue weighted by Crippen LogP contribution is 2.05. The molecule has 0 radical (unpaired) electrons. The van der Waals surface area contributed by atoms with E-state index in [0.717, 1.165) is 25.6 Å². The number of hydrogen-bond donors (Lipinski definition) is 1. The van der Waals surface area contributed by atoms with E-state index >= 15 is 0 Å². The molecule has 21 heavy (non-hydrogen) atoms. The minimum absolute atomic E-state index is 0.759. The Kier molecular flexibility index (Phi) is 10.1. The molecule has 3 heteroatoms. The van der Waals surface area contributed by atoms with Crippen LogP contribution in [0.1, 0.15) is 52.1 Å². The van der Waals surface area contributed by atoms with Gasteiger partial charge >= 0.3 is 0 Å². The molecule has 0 saturated heterocycles. The van der Waals surface area contributed by atoms with E-state index in [9.17, 15) is 0 Å². The van der Waals surface area contributed by atoms with Gasteiger partial charge in [0, 0.05) is 12.7 Å². The van der Waals surface area contributed by atoms with E-state index in [4.69, 9.17) is 0 Å². The van der Waals surface area contributed by atoms with Crippen LogP contribution in [-0.2, 0) is 6.54 Å². The summed E-state index contributed by atoms with van der Waals surface area (Å²) < 4.78 is 0. The van der Waals surface area contributed by atoms with Crippen LogP contribution in [0.3, 0.4) is 0 Å². The summed E-state index contributed by atoms with van der Waals surface area (Å²) in [5.74, 6) is 0.759. The molecule has 0 amide bonds. The SMILES string of the molecule is CCN(CCCCCCNCC(C)C)Cc1ccccn1. The Labute approximate surface area is 131 Å². The Balaban J connectivity index is 2.02. The molecule has 0 aliphatic carbocycles. The van der Waals surface area contributed by atoms with Gasteiger partial charge in [-0.2, -0.15) is 0 Å². The lowest BCUT2D eigenvalue weighted by atomic mass is 10.1. The molecule has 3 nitrogen and oxygen atoms in total. The second-order valence-corrected chi connectivity index (χ2v) is 6.20. The maximum absolute atomic E-state index is 4.41. The molecule has 1 aromatic rings. The summed E-state index contributed by atoms with van der Waals surface area (Å²) in [6.45, 7) is 12.3. The molecule has 0 fully saturated rings. The highest BCUT2D eigenvalue weighted by molar-refractivity contribution is 5.03. The van der Waals surface area contributed by atoms with E-state index in [1.165, 1.54) is 44.5 Å². The molecule has 0 aromatic carbocycles. The van der Waals surface area contributed by atoms with Gasteiger partial charge in [0.1, 0.15) is 0 Å². The van der Waals surface area contributed by atoms with Crippen LogP contribution in [-0.4, -0.2) is 36.1 Å². The first-order valence-electron chi connectivity index (χ1n) is 8.55. The van der Waals surface area contributed by atoms with Gasteiger partial charge < -0.3 is 5.32 Å². The Morgan fingerprint density at radius 1 is 1.14 bits per heavy atom. The zero-order chi connectivity index (χ0) is 15.3. The Hall–Kier alpha value is -0.930. The van der Waals surface area contributed by atoms with Crippen molar-refractivity contribution in [2.75, 3.05) is 26.2 Å². The van der Waals surface area contributed by atoms with Gasteiger partial charge in [-0.1, -0.05) is 39.7 Å². The standard InChI is InChI=1S/C18H33N3/c1-4-21(16-18-11-7-9-13-20-18)14-10-6-5-8-12-19-15-17(2)3/h7,9,11,13,17,19H,4-6,8,10,12,14-16H2,1-3H3. The predicted octanol–water partition coefficient (Wildman–Crippen LogP) is 3.71. The van der Waals surface area contributed by atoms with Crippen molar-refractivity contribution in [1.82, 2.24) is 15.2 Å². The molecule has 0 aliphatic heterocycles.